The Labute approximate surface area is 157 Å². The van der Waals surface area contributed by atoms with Crippen molar-refractivity contribution in [3.05, 3.63) is 57.3 Å². The lowest BCUT2D eigenvalue weighted by molar-refractivity contribution is -0.384. The Morgan fingerprint density at radius 2 is 2.00 bits per heavy atom. The van der Waals surface area contributed by atoms with Gasteiger partial charge in [-0.1, -0.05) is 0 Å². The molecule has 0 amide bonds. The maximum atomic E-state index is 13.1. The van der Waals surface area contributed by atoms with Gasteiger partial charge in [-0.3, -0.25) is 10.1 Å². The van der Waals surface area contributed by atoms with E-state index in [0.29, 0.717) is 17.9 Å². The normalized spacial score (nSPS) is 11.1. The predicted octanol–water partition coefficient (Wildman–Crippen LogP) is 4.75. The average Bonchev–Trinajstić information content (AvgIpc) is 2.60. The van der Waals surface area contributed by atoms with Gasteiger partial charge in [0, 0.05) is 23.6 Å². The van der Waals surface area contributed by atoms with Gasteiger partial charge in [-0.25, -0.2) is 4.98 Å². The van der Waals surface area contributed by atoms with Gasteiger partial charge in [0.2, 0.25) is 0 Å². The number of alkyl halides is 3. The number of hydrogen-bond acceptors (Lipinski definition) is 6. The van der Waals surface area contributed by atoms with E-state index >= 15 is 0 Å². The molecule has 27 heavy (non-hydrogen) atoms. The molecule has 0 aliphatic heterocycles. The molecule has 142 valence electrons. The number of ether oxygens (including phenoxy) is 1. The van der Waals surface area contributed by atoms with Gasteiger partial charge >= 0.3 is 6.18 Å². The summed E-state index contributed by atoms with van der Waals surface area (Å²) < 4.78 is 44.6. The first-order chi connectivity index (χ1) is 12.7. The molecule has 2 aromatic rings. The first-order valence-electron chi connectivity index (χ1n) is 7.71. The number of rotatable bonds is 7. The van der Waals surface area contributed by atoms with Crippen LogP contribution in [0, 0.1) is 28.4 Å². The molecule has 2 rings (SSSR count). The summed E-state index contributed by atoms with van der Waals surface area (Å²) in [6, 6.07) is 8.03. The van der Waals surface area contributed by atoms with Crippen LogP contribution in [0.3, 0.4) is 0 Å². The number of benzene rings is 1. The van der Waals surface area contributed by atoms with Crippen LogP contribution in [0.5, 0.6) is 5.75 Å². The summed E-state index contributed by atoms with van der Waals surface area (Å²) in [6.45, 7) is 1.71. The number of nitriles is 1. The summed E-state index contributed by atoms with van der Waals surface area (Å²) in [4.78, 5) is 14.1. The standard InChI is InChI=1S/C17H14F3N3O3S/c1-11-9-15(17(18,19)20)14(10-21)16(22-11)27-8-2-7-26-13-5-3-12(4-6-13)23(24)25/h3-6,9H,2,7-8H2,1H3. The summed E-state index contributed by atoms with van der Waals surface area (Å²) in [6.07, 6.45) is -4.13. The van der Waals surface area contributed by atoms with Crippen molar-refractivity contribution in [2.24, 2.45) is 0 Å². The number of aromatic nitrogens is 1. The highest BCUT2D eigenvalue weighted by Crippen LogP contribution is 2.35. The van der Waals surface area contributed by atoms with Gasteiger partial charge in [0.25, 0.3) is 5.69 Å². The summed E-state index contributed by atoms with van der Waals surface area (Å²) in [5.41, 5.74) is -1.32. The van der Waals surface area contributed by atoms with Gasteiger partial charge in [-0.2, -0.15) is 18.4 Å². The lowest BCUT2D eigenvalue weighted by Crippen LogP contribution is -2.10. The molecule has 0 unspecified atom stereocenters. The molecular weight excluding hydrogens is 383 g/mol. The number of thioether (sulfide) groups is 1. The fraction of sp³-hybridized carbons (Fsp3) is 0.294. The number of pyridine rings is 1. The Morgan fingerprint density at radius 1 is 1.33 bits per heavy atom. The second-order valence-electron chi connectivity index (χ2n) is 5.40. The van der Waals surface area contributed by atoms with Crippen LogP contribution in [-0.2, 0) is 6.18 Å². The molecule has 0 fully saturated rings. The monoisotopic (exact) mass is 397 g/mol. The van der Waals surface area contributed by atoms with Crippen LogP contribution in [0.1, 0.15) is 23.2 Å². The highest BCUT2D eigenvalue weighted by Gasteiger charge is 2.35. The fourth-order valence-electron chi connectivity index (χ4n) is 2.16. The van der Waals surface area contributed by atoms with Gasteiger partial charge in [-0.05, 0) is 31.5 Å². The van der Waals surface area contributed by atoms with Crippen LogP contribution in [-0.4, -0.2) is 22.3 Å². The van der Waals surface area contributed by atoms with Crippen LogP contribution in [0.2, 0.25) is 0 Å². The molecular formula is C17H14F3N3O3S. The molecule has 0 bridgehead atoms. The third-order valence-electron chi connectivity index (χ3n) is 3.38. The summed E-state index contributed by atoms with van der Waals surface area (Å²) in [5.74, 6) is 0.853. The van der Waals surface area contributed by atoms with Gasteiger partial charge in [0.15, 0.2) is 0 Å². The zero-order valence-corrected chi connectivity index (χ0v) is 14.9. The number of nitro groups is 1. The number of hydrogen-bond donors (Lipinski definition) is 0. The predicted molar refractivity (Wildman–Crippen MR) is 92.6 cm³/mol. The van der Waals surface area contributed by atoms with E-state index in [2.05, 4.69) is 4.98 Å². The molecule has 0 spiro atoms. The first-order valence-corrected chi connectivity index (χ1v) is 8.70. The van der Waals surface area contributed by atoms with Crippen molar-refractivity contribution < 1.29 is 22.8 Å². The van der Waals surface area contributed by atoms with Crippen LogP contribution in [0.4, 0.5) is 18.9 Å². The molecule has 1 aromatic carbocycles. The van der Waals surface area contributed by atoms with Crippen molar-refractivity contribution in [2.45, 2.75) is 24.5 Å². The van der Waals surface area contributed by atoms with E-state index in [9.17, 15) is 23.3 Å². The van der Waals surface area contributed by atoms with E-state index in [0.717, 1.165) is 17.8 Å². The largest absolute Gasteiger partial charge is 0.494 e. The number of nitro benzene ring substituents is 1. The van der Waals surface area contributed by atoms with E-state index in [1.807, 2.05) is 0 Å². The number of halogens is 3. The van der Waals surface area contributed by atoms with E-state index < -0.39 is 22.2 Å². The van der Waals surface area contributed by atoms with E-state index in [4.69, 9.17) is 10.00 Å². The Balaban J connectivity index is 1.93. The number of aryl methyl sites for hydroxylation is 1. The number of non-ortho nitro benzene ring substituents is 1. The Hall–Kier alpha value is -2.80. The summed E-state index contributed by atoms with van der Waals surface area (Å²) >= 11 is 1.05. The van der Waals surface area contributed by atoms with Crippen molar-refractivity contribution in [1.29, 1.82) is 5.26 Å². The topological polar surface area (TPSA) is 89.0 Å². The van der Waals surface area contributed by atoms with E-state index in [1.165, 1.54) is 31.2 Å². The maximum absolute atomic E-state index is 13.1. The zero-order chi connectivity index (χ0) is 20.0. The third kappa shape index (κ3) is 5.59. The highest BCUT2D eigenvalue weighted by atomic mass is 32.2. The van der Waals surface area contributed by atoms with Crippen LogP contribution in [0.25, 0.3) is 0 Å². The molecule has 0 saturated carbocycles. The molecule has 10 heteroatoms. The smallest absolute Gasteiger partial charge is 0.417 e. The fourth-order valence-corrected chi connectivity index (χ4v) is 3.13. The number of nitrogens with zero attached hydrogens (tertiary/aromatic N) is 3. The zero-order valence-electron chi connectivity index (χ0n) is 14.1. The molecule has 1 aromatic heterocycles. The lowest BCUT2D eigenvalue weighted by Gasteiger charge is -2.12. The Morgan fingerprint density at radius 3 is 2.56 bits per heavy atom. The van der Waals surface area contributed by atoms with Crippen LogP contribution >= 0.6 is 11.8 Å². The van der Waals surface area contributed by atoms with Gasteiger partial charge in [0.1, 0.15) is 16.8 Å². The van der Waals surface area contributed by atoms with Crippen molar-refractivity contribution in [1.82, 2.24) is 4.98 Å². The second kappa shape index (κ2) is 8.73. The molecule has 6 nitrogen and oxygen atoms in total. The van der Waals surface area contributed by atoms with E-state index in [-0.39, 0.29) is 23.0 Å². The SMILES string of the molecule is Cc1cc(C(F)(F)F)c(C#N)c(SCCCOc2ccc([N+](=O)[O-])cc2)n1. The molecule has 0 aliphatic carbocycles. The second-order valence-corrected chi connectivity index (χ2v) is 6.49. The average molecular weight is 397 g/mol. The van der Waals surface area contributed by atoms with Crippen LogP contribution in [0.15, 0.2) is 35.4 Å². The Bertz CT molecular complexity index is 865. The van der Waals surface area contributed by atoms with Crippen molar-refractivity contribution >= 4 is 17.4 Å². The minimum atomic E-state index is -4.62. The van der Waals surface area contributed by atoms with Gasteiger partial charge < -0.3 is 4.74 Å². The molecule has 0 radical (unpaired) electrons. The van der Waals surface area contributed by atoms with Crippen LogP contribution < -0.4 is 4.74 Å². The minimum Gasteiger partial charge on any atom is -0.494 e. The third-order valence-corrected chi connectivity index (χ3v) is 4.44. The molecule has 0 atom stereocenters. The lowest BCUT2D eigenvalue weighted by atomic mass is 10.1. The Kier molecular flexibility index (Phi) is 6.63. The van der Waals surface area contributed by atoms with Gasteiger partial charge in [0.05, 0.1) is 22.7 Å². The first kappa shape index (κ1) is 20.5. The molecule has 0 N–H and O–H groups in total. The van der Waals surface area contributed by atoms with Crippen molar-refractivity contribution in [2.75, 3.05) is 12.4 Å². The molecule has 0 aliphatic rings. The molecule has 0 saturated heterocycles. The van der Waals surface area contributed by atoms with E-state index in [1.54, 1.807) is 6.07 Å². The molecule has 1 heterocycles. The van der Waals surface area contributed by atoms with Crippen molar-refractivity contribution in [3.8, 4) is 11.8 Å². The minimum absolute atomic E-state index is 0.0418. The highest BCUT2D eigenvalue weighted by molar-refractivity contribution is 7.99. The quantitative estimate of drug-likeness (QED) is 0.290. The summed E-state index contributed by atoms with van der Waals surface area (Å²) in [7, 11) is 0. The maximum Gasteiger partial charge on any atom is 0.417 e. The van der Waals surface area contributed by atoms with Crippen molar-refractivity contribution in [3.63, 3.8) is 0 Å². The summed E-state index contributed by atoms with van der Waals surface area (Å²) in [5, 5.41) is 19.7. The van der Waals surface area contributed by atoms with Gasteiger partial charge in [-0.15, -0.1) is 11.8 Å².